The molecule has 3 aromatic rings. The van der Waals surface area contributed by atoms with Crippen molar-refractivity contribution >= 4 is 56.4 Å². The van der Waals surface area contributed by atoms with Crippen molar-refractivity contribution in [2.75, 3.05) is 16.8 Å². The van der Waals surface area contributed by atoms with Crippen molar-refractivity contribution in [2.24, 2.45) is 0 Å². The van der Waals surface area contributed by atoms with Crippen LogP contribution in [-0.4, -0.2) is 23.5 Å². The Morgan fingerprint density at radius 3 is 2.30 bits per heavy atom. The highest BCUT2D eigenvalue weighted by Gasteiger charge is 2.16. The Balaban J connectivity index is 1.68. The number of thiocarbonyl (C=S) groups is 1. The molecule has 30 heavy (non-hydrogen) atoms. The fourth-order valence-electron chi connectivity index (χ4n) is 2.88. The Morgan fingerprint density at radius 2 is 1.63 bits per heavy atom. The van der Waals surface area contributed by atoms with Gasteiger partial charge < -0.3 is 10.2 Å². The lowest BCUT2D eigenvalue weighted by atomic mass is 10.1. The number of carbonyl (C=O) groups is 2. The van der Waals surface area contributed by atoms with Gasteiger partial charge in [0, 0.05) is 33.5 Å². The molecule has 0 radical (unpaired) electrons. The SMILES string of the molecule is CCN(C(=O)c1cccc(NC(=S)NC(=O)c2ccc(Br)cc2)c1)c1ccccc1. The zero-order valence-corrected chi connectivity index (χ0v) is 18.7. The molecular formula is C23H20BrN3O2S. The molecule has 0 fully saturated rings. The molecular weight excluding hydrogens is 462 g/mol. The summed E-state index contributed by atoms with van der Waals surface area (Å²) in [6.07, 6.45) is 0. The number of hydrogen-bond donors (Lipinski definition) is 2. The van der Waals surface area contributed by atoms with E-state index in [0.29, 0.717) is 23.4 Å². The number of amides is 2. The molecule has 0 saturated heterocycles. The van der Waals surface area contributed by atoms with E-state index in [9.17, 15) is 9.59 Å². The average molecular weight is 482 g/mol. The standard InChI is InChI=1S/C23H20BrN3O2S/c1-2-27(20-9-4-3-5-10-20)22(29)17-7-6-8-19(15-17)25-23(30)26-21(28)16-11-13-18(24)14-12-16/h3-15H,2H2,1H3,(H2,25,26,28,30). The van der Waals surface area contributed by atoms with Crippen molar-refractivity contribution in [3.8, 4) is 0 Å². The van der Waals surface area contributed by atoms with Crippen LogP contribution in [0.1, 0.15) is 27.6 Å². The maximum absolute atomic E-state index is 13.0. The number of para-hydroxylation sites is 1. The minimum Gasteiger partial charge on any atom is -0.332 e. The first-order chi connectivity index (χ1) is 14.5. The molecule has 0 unspecified atom stereocenters. The maximum atomic E-state index is 13.0. The lowest BCUT2D eigenvalue weighted by Crippen LogP contribution is -2.34. The zero-order chi connectivity index (χ0) is 21.5. The van der Waals surface area contributed by atoms with Gasteiger partial charge in [0.1, 0.15) is 0 Å². The smallest absolute Gasteiger partial charge is 0.258 e. The van der Waals surface area contributed by atoms with Crippen LogP contribution < -0.4 is 15.5 Å². The summed E-state index contributed by atoms with van der Waals surface area (Å²) in [6.45, 7) is 2.47. The van der Waals surface area contributed by atoms with Gasteiger partial charge in [0.2, 0.25) is 0 Å². The molecule has 2 amide bonds. The first-order valence-corrected chi connectivity index (χ1v) is 10.5. The molecule has 2 N–H and O–H groups in total. The van der Waals surface area contributed by atoms with Crippen LogP contribution >= 0.6 is 28.1 Å². The van der Waals surface area contributed by atoms with E-state index < -0.39 is 0 Å². The van der Waals surface area contributed by atoms with Gasteiger partial charge in [0.25, 0.3) is 11.8 Å². The number of halogens is 1. The lowest BCUT2D eigenvalue weighted by Gasteiger charge is -2.21. The molecule has 0 atom stereocenters. The van der Waals surface area contributed by atoms with Crippen LogP contribution in [0, 0.1) is 0 Å². The van der Waals surface area contributed by atoms with Crippen LogP contribution in [0.15, 0.2) is 83.3 Å². The third kappa shape index (κ3) is 5.52. The van der Waals surface area contributed by atoms with Gasteiger partial charge in [-0.2, -0.15) is 0 Å². The van der Waals surface area contributed by atoms with Gasteiger partial charge in [0.05, 0.1) is 0 Å². The number of nitrogens with one attached hydrogen (secondary N) is 2. The second-order valence-corrected chi connectivity index (χ2v) is 7.70. The van der Waals surface area contributed by atoms with Crippen LogP contribution in [0.25, 0.3) is 0 Å². The van der Waals surface area contributed by atoms with Crippen molar-refractivity contribution in [3.05, 3.63) is 94.5 Å². The summed E-state index contributed by atoms with van der Waals surface area (Å²) < 4.78 is 0.887. The molecule has 3 rings (SSSR count). The molecule has 0 aromatic heterocycles. The summed E-state index contributed by atoms with van der Waals surface area (Å²) in [7, 11) is 0. The quantitative estimate of drug-likeness (QED) is 0.489. The Labute approximate surface area is 189 Å². The third-order valence-electron chi connectivity index (χ3n) is 4.33. The van der Waals surface area contributed by atoms with E-state index in [1.165, 1.54) is 0 Å². The topological polar surface area (TPSA) is 61.4 Å². The van der Waals surface area contributed by atoms with Gasteiger partial charge in [-0.25, -0.2) is 0 Å². The normalized spacial score (nSPS) is 10.2. The van der Waals surface area contributed by atoms with Crippen molar-refractivity contribution in [1.82, 2.24) is 5.32 Å². The molecule has 152 valence electrons. The Bertz CT molecular complexity index is 1060. The van der Waals surface area contributed by atoms with E-state index in [2.05, 4.69) is 26.6 Å². The summed E-state index contributed by atoms with van der Waals surface area (Å²) in [4.78, 5) is 27.0. The van der Waals surface area contributed by atoms with Gasteiger partial charge in [-0.15, -0.1) is 0 Å². The Morgan fingerprint density at radius 1 is 0.933 bits per heavy atom. The van der Waals surface area contributed by atoms with Gasteiger partial charge >= 0.3 is 0 Å². The first kappa shape index (κ1) is 21.7. The predicted octanol–water partition coefficient (Wildman–Crippen LogP) is 5.24. The highest BCUT2D eigenvalue weighted by molar-refractivity contribution is 9.10. The summed E-state index contributed by atoms with van der Waals surface area (Å²) in [5.74, 6) is -0.425. The van der Waals surface area contributed by atoms with E-state index in [1.807, 2.05) is 37.3 Å². The van der Waals surface area contributed by atoms with Crippen molar-refractivity contribution < 1.29 is 9.59 Å². The summed E-state index contributed by atoms with van der Waals surface area (Å²) in [6, 6.07) is 23.5. The lowest BCUT2D eigenvalue weighted by molar-refractivity contribution is 0.0973. The Hall–Kier alpha value is -3.03. The van der Waals surface area contributed by atoms with E-state index >= 15 is 0 Å². The molecule has 0 aliphatic carbocycles. The molecule has 7 heteroatoms. The average Bonchev–Trinajstić information content (AvgIpc) is 2.75. The molecule has 3 aromatic carbocycles. The molecule has 0 heterocycles. The highest BCUT2D eigenvalue weighted by Crippen LogP contribution is 2.19. The van der Waals surface area contributed by atoms with Crippen molar-refractivity contribution in [3.63, 3.8) is 0 Å². The second-order valence-electron chi connectivity index (χ2n) is 6.38. The van der Waals surface area contributed by atoms with Crippen LogP contribution in [0.3, 0.4) is 0 Å². The van der Waals surface area contributed by atoms with Gasteiger partial charge in [-0.05, 0) is 73.7 Å². The summed E-state index contributed by atoms with van der Waals surface area (Å²) in [5, 5.41) is 5.76. The minimum absolute atomic E-state index is 0.114. The maximum Gasteiger partial charge on any atom is 0.258 e. The largest absolute Gasteiger partial charge is 0.332 e. The highest BCUT2D eigenvalue weighted by atomic mass is 79.9. The summed E-state index contributed by atoms with van der Waals surface area (Å²) in [5.41, 5.74) is 2.46. The van der Waals surface area contributed by atoms with Gasteiger partial charge in [-0.1, -0.05) is 40.2 Å². The van der Waals surface area contributed by atoms with E-state index in [-0.39, 0.29) is 16.9 Å². The first-order valence-electron chi connectivity index (χ1n) is 9.33. The van der Waals surface area contributed by atoms with Crippen LogP contribution in [0.4, 0.5) is 11.4 Å². The molecule has 5 nitrogen and oxygen atoms in total. The number of rotatable bonds is 5. The number of anilines is 2. The van der Waals surface area contributed by atoms with Crippen molar-refractivity contribution in [2.45, 2.75) is 6.92 Å². The number of carbonyl (C=O) groups excluding carboxylic acids is 2. The molecule has 0 aliphatic rings. The van der Waals surface area contributed by atoms with Crippen molar-refractivity contribution in [1.29, 1.82) is 0 Å². The van der Waals surface area contributed by atoms with Gasteiger partial charge in [-0.3, -0.25) is 14.9 Å². The molecule has 0 aliphatic heterocycles. The monoisotopic (exact) mass is 481 g/mol. The van der Waals surface area contributed by atoms with Gasteiger partial charge in [0.15, 0.2) is 5.11 Å². The van der Waals surface area contributed by atoms with Crippen LogP contribution in [0.5, 0.6) is 0 Å². The molecule has 0 saturated carbocycles. The molecule has 0 spiro atoms. The van der Waals surface area contributed by atoms with E-state index in [0.717, 1.165) is 10.2 Å². The number of nitrogens with zero attached hydrogens (tertiary/aromatic N) is 1. The van der Waals surface area contributed by atoms with Crippen LogP contribution in [-0.2, 0) is 0 Å². The minimum atomic E-state index is -0.312. The fraction of sp³-hybridized carbons (Fsp3) is 0.0870. The molecule has 0 bridgehead atoms. The zero-order valence-electron chi connectivity index (χ0n) is 16.3. The summed E-state index contributed by atoms with van der Waals surface area (Å²) >= 11 is 8.59. The number of hydrogen-bond acceptors (Lipinski definition) is 3. The van der Waals surface area contributed by atoms with Crippen LogP contribution in [0.2, 0.25) is 0 Å². The third-order valence-corrected chi connectivity index (χ3v) is 5.06. The number of benzene rings is 3. The fourth-order valence-corrected chi connectivity index (χ4v) is 3.35. The Kier molecular flexibility index (Phi) is 7.32. The second kappa shape index (κ2) is 10.1. The van der Waals surface area contributed by atoms with E-state index in [4.69, 9.17) is 12.2 Å². The van der Waals surface area contributed by atoms with E-state index in [1.54, 1.807) is 53.4 Å². The predicted molar refractivity (Wildman–Crippen MR) is 128 cm³/mol.